The highest BCUT2D eigenvalue weighted by molar-refractivity contribution is 5.76. The quantitative estimate of drug-likeness (QED) is 0.817. The van der Waals surface area contributed by atoms with Gasteiger partial charge in [-0.2, -0.15) is 0 Å². The van der Waals surface area contributed by atoms with E-state index in [2.05, 4.69) is 4.98 Å². The van der Waals surface area contributed by atoms with E-state index in [9.17, 15) is 14.7 Å². The standard InChI is InChI=1S/C13H19N3O3/c1-13(19)4-2-7-15(9-5-13)11(17)10-16-8-3-6-14-12(16)18/h3,6,8,19H,2,4-5,7,9-10H2,1H3. The van der Waals surface area contributed by atoms with E-state index < -0.39 is 11.3 Å². The van der Waals surface area contributed by atoms with Crippen LogP contribution >= 0.6 is 0 Å². The zero-order valence-corrected chi connectivity index (χ0v) is 11.1. The molecule has 1 fully saturated rings. The molecule has 104 valence electrons. The van der Waals surface area contributed by atoms with Crippen molar-refractivity contribution in [1.29, 1.82) is 0 Å². The maximum atomic E-state index is 12.1. The van der Waals surface area contributed by atoms with Crippen LogP contribution in [0.5, 0.6) is 0 Å². The van der Waals surface area contributed by atoms with Gasteiger partial charge in [0.2, 0.25) is 5.91 Å². The number of carbonyl (C=O) groups excluding carboxylic acids is 1. The van der Waals surface area contributed by atoms with Crippen molar-refractivity contribution in [3.63, 3.8) is 0 Å². The van der Waals surface area contributed by atoms with Gasteiger partial charge in [0.1, 0.15) is 6.54 Å². The predicted octanol–water partition coefficient (Wildman–Crippen LogP) is 0.00680. The average Bonchev–Trinajstić information content (AvgIpc) is 2.53. The van der Waals surface area contributed by atoms with Crippen LogP contribution in [-0.4, -0.2) is 44.2 Å². The molecule has 0 saturated carbocycles. The minimum absolute atomic E-state index is 0.00875. The maximum Gasteiger partial charge on any atom is 0.347 e. The maximum absolute atomic E-state index is 12.1. The number of hydrogen-bond donors (Lipinski definition) is 1. The van der Waals surface area contributed by atoms with Gasteiger partial charge < -0.3 is 10.0 Å². The predicted molar refractivity (Wildman–Crippen MR) is 69.6 cm³/mol. The molecule has 1 amide bonds. The molecule has 6 nitrogen and oxygen atoms in total. The summed E-state index contributed by atoms with van der Waals surface area (Å²) in [6, 6.07) is 1.63. The average molecular weight is 265 g/mol. The number of likely N-dealkylation sites (tertiary alicyclic amines) is 1. The highest BCUT2D eigenvalue weighted by Crippen LogP contribution is 2.21. The zero-order chi connectivity index (χ0) is 13.9. The molecule has 1 aromatic rings. The minimum atomic E-state index is -0.694. The lowest BCUT2D eigenvalue weighted by atomic mass is 9.98. The lowest BCUT2D eigenvalue weighted by molar-refractivity contribution is -0.132. The molecular formula is C13H19N3O3. The van der Waals surface area contributed by atoms with Gasteiger partial charge in [0, 0.05) is 25.5 Å². The van der Waals surface area contributed by atoms with Crippen molar-refractivity contribution in [1.82, 2.24) is 14.5 Å². The van der Waals surface area contributed by atoms with Gasteiger partial charge in [-0.1, -0.05) is 0 Å². The summed E-state index contributed by atoms with van der Waals surface area (Å²) in [5.41, 5.74) is -1.11. The summed E-state index contributed by atoms with van der Waals surface area (Å²) < 4.78 is 1.30. The number of carbonyl (C=O) groups is 1. The van der Waals surface area contributed by atoms with E-state index in [-0.39, 0.29) is 12.5 Å². The van der Waals surface area contributed by atoms with Crippen molar-refractivity contribution in [2.75, 3.05) is 13.1 Å². The number of amides is 1. The number of aromatic nitrogens is 2. The van der Waals surface area contributed by atoms with Crippen LogP contribution in [0.3, 0.4) is 0 Å². The van der Waals surface area contributed by atoms with Gasteiger partial charge in [-0.3, -0.25) is 9.36 Å². The SMILES string of the molecule is CC1(O)CCCN(C(=O)Cn2cccnc2=O)CC1. The molecular weight excluding hydrogens is 246 g/mol. The number of rotatable bonds is 2. The second kappa shape index (κ2) is 5.52. The van der Waals surface area contributed by atoms with Gasteiger partial charge in [-0.15, -0.1) is 0 Å². The molecule has 1 aliphatic rings. The van der Waals surface area contributed by atoms with E-state index in [0.29, 0.717) is 25.9 Å². The first-order valence-electron chi connectivity index (χ1n) is 6.50. The lowest BCUT2D eigenvalue weighted by Gasteiger charge is -2.22. The van der Waals surface area contributed by atoms with Gasteiger partial charge >= 0.3 is 5.69 Å². The Labute approximate surface area is 111 Å². The van der Waals surface area contributed by atoms with Crippen molar-refractivity contribution >= 4 is 5.91 Å². The third kappa shape index (κ3) is 3.64. The molecule has 2 heterocycles. The Hall–Kier alpha value is -1.69. The lowest BCUT2D eigenvalue weighted by Crippen LogP contribution is -2.38. The van der Waals surface area contributed by atoms with E-state index in [1.54, 1.807) is 24.1 Å². The van der Waals surface area contributed by atoms with Gasteiger partial charge in [0.25, 0.3) is 0 Å². The second-order valence-electron chi connectivity index (χ2n) is 5.26. The molecule has 0 aromatic carbocycles. The first-order valence-corrected chi connectivity index (χ1v) is 6.50. The van der Waals surface area contributed by atoms with Gasteiger partial charge in [-0.05, 0) is 32.3 Å². The summed E-state index contributed by atoms with van der Waals surface area (Å²) in [5, 5.41) is 9.98. The van der Waals surface area contributed by atoms with Crippen LogP contribution in [0.25, 0.3) is 0 Å². The van der Waals surface area contributed by atoms with E-state index >= 15 is 0 Å². The molecule has 0 radical (unpaired) electrons. The number of aliphatic hydroxyl groups is 1. The van der Waals surface area contributed by atoms with Gasteiger partial charge in [0.05, 0.1) is 5.60 Å². The first-order chi connectivity index (χ1) is 8.98. The van der Waals surface area contributed by atoms with Gasteiger partial charge in [0.15, 0.2) is 0 Å². The van der Waals surface area contributed by atoms with Crippen LogP contribution in [0.2, 0.25) is 0 Å². The van der Waals surface area contributed by atoms with Crippen LogP contribution < -0.4 is 5.69 Å². The normalized spacial score (nSPS) is 24.0. The molecule has 1 unspecified atom stereocenters. The summed E-state index contributed by atoms with van der Waals surface area (Å²) in [4.78, 5) is 28.9. The molecule has 19 heavy (non-hydrogen) atoms. The van der Waals surface area contributed by atoms with Crippen LogP contribution in [0.4, 0.5) is 0 Å². The Morgan fingerprint density at radius 2 is 2.26 bits per heavy atom. The summed E-state index contributed by atoms with van der Waals surface area (Å²) >= 11 is 0. The Morgan fingerprint density at radius 3 is 3.00 bits per heavy atom. The van der Waals surface area contributed by atoms with Crippen molar-refractivity contribution in [2.45, 2.75) is 38.3 Å². The van der Waals surface area contributed by atoms with E-state index in [4.69, 9.17) is 0 Å². The van der Waals surface area contributed by atoms with E-state index in [0.717, 1.165) is 6.42 Å². The molecule has 0 spiro atoms. The molecule has 1 N–H and O–H groups in total. The second-order valence-corrected chi connectivity index (χ2v) is 5.26. The molecule has 1 atom stereocenters. The fourth-order valence-corrected chi connectivity index (χ4v) is 2.27. The minimum Gasteiger partial charge on any atom is -0.390 e. The summed E-state index contributed by atoms with van der Waals surface area (Å²) in [6.07, 6.45) is 5.01. The smallest absolute Gasteiger partial charge is 0.347 e. The molecule has 6 heteroatoms. The van der Waals surface area contributed by atoms with Crippen LogP contribution in [0.1, 0.15) is 26.2 Å². The third-order valence-corrected chi connectivity index (χ3v) is 3.50. The summed E-state index contributed by atoms with van der Waals surface area (Å²) in [5.74, 6) is -0.104. The van der Waals surface area contributed by atoms with Crippen molar-refractivity contribution < 1.29 is 9.90 Å². The zero-order valence-electron chi connectivity index (χ0n) is 11.1. The molecule has 1 aliphatic heterocycles. The monoisotopic (exact) mass is 265 g/mol. The highest BCUT2D eigenvalue weighted by atomic mass is 16.3. The fourth-order valence-electron chi connectivity index (χ4n) is 2.27. The molecule has 1 saturated heterocycles. The van der Waals surface area contributed by atoms with Gasteiger partial charge in [-0.25, -0.2) is 9.78 Å². The topological polar surface area (TPSA) is 75.4 Å². The molecule has 0 aliphatic carbocycles. The van der Waals surface area contributed by atoms with Crippen molar-refractivity contribution in [2.24, 2.45) is 0 Å². The van der Waals surface area contributed by atoms with Crippen LogP contribution in [0, 0.1) is 0 Å². The Kier molecular flexibility index (Phi) is 3.99. The van der Waals surface area contributed by atoms with E-state index in [1.807, 2.05) is 0 Å². The molecule has 0 bridgehead atoms. The Balaban J connectivity index is 2.01. The first kappa shape index (κ1) is 13.7. The number of nitrogens with zero attached hydrogens (tertiary/aromatic N) is 3. The summed E-state index contributed by atoms with van der Waals surface area (Å²) in [6.45, 7) is 2.96. The molecule has 1 aromatic heterocycles. The Morgan fingerprint density at radius 1 is 1.47 bits per heavy atom. The van der Waals surface area contributed by atoms with Crippen molar-refractivity contribution in [3.8, 4) is 0 Å². The largest absolute Gasteiger partial charge is 0.390 e. The summed E-state index contributed by atoms with van der Waals surface area (Å²) in [7, 11) is 0. The van der Waals surface area contributed by atoms with Crippen molar-refractivity contribution in [3.05, 3.63) is 28.9 Å². The van der Waals surface area contributed by atoms with E-state index in [1.165, 1.54) is 10.8 Å². The Bertz CT molecular complexity index is 510. The highest BCUT2D eigenvalue weighted by Gasteiger charge is 2.27. The van der Waals surface area contributed by atoms with Crippen LogP contribution in [-0.2, 0) is 11.3 Å². The third-order valence-electron chi connectivity index (χ3n) is 3.50. The fraction of sp³-hybridized carbons (Fsp3) is 0.615. The number of hydrogen-bond acceptors (Lipinski definition) is 4. The molecule has 2 rings (SSSR count). The van der Waals surface area contributed by atoms with Crippen LogP contribution in [0.15, 0.2) is 23.3 Å².